The summed E-state index contributed by atoms with van der Waals surface area (Å²) in [5.41, 5.74) is 1.73. The second-order valence-electron chi connectivity index (χ2n) is 8.92. The third-order valence-corrected chi connectivity index (χ3v) is 6.61. The van der Waals surface area contributed by atoms with E-state index in [1.54, 1.807) is 0 Å². The van der Waals surface area contributed by atoms with Crippen LogP contribution in [-0.2, 0) is 15.1 Å². The van der Waals surface area contributed by atoms with Crippen LogP contribution in [0.2, 0.25) is 0 Å². The summed E-state index contributed by atoms with van der Waals surface area (Å²) < 4.78 is 0. The number of amides is 2. The molecular weight excluding hydrogens is 388 g/mol. The van der Waals surface area contributed by atoms with Crippen LogP contribution in [0.3, 0.4) is 0 Å². The summed E-state index contributed by atoms with van der Waals surface area (Å²) in [5.74, 6) is -0.0577. The molecule has 1 aliphatic carbocycles. The molecule has 1 saturated carbocycles. The van der Waals surface area contributed by atoms with Gasteiger partial charge in [-0.2, -0.15) is 0 Å². The zero-order valence-corrected chi connectivity index (χ0v) is 18.8. The molecule has 0 aliphatic heterocycles. The SMILES string of the molecule is CN(CC(=O)Nc1ccccc1)CC1(NC=O)CCC(c2ccccc2)(N(C)C)CC1. The molecule has 6 nitrogen and oxygen atoms in total. The van der Waals surface area contributed by atoms with Gasteiger partial charge < -0.3 is 10.6 Å². The third kappa shape index (κ3) is 5.51. The Morgan fingerprint density at radius 3 is 2.06 bits per heavy atom. The van der Waals surface area contributed by atoms with Crippen molar-refractivity contribution in [3.63, 3.8) is 0 Å². The van der Waals surface area contributed by atoms with Gasteiger partial charge >= 0.3 is 0 Å². The van der Waals surface area contributed by atoms with Crippen LogP contribution in [0.15, 0.2) is 60.7 Å². The quantitative estimate of drug-likeness (QED) is 0.610. The lowest BCUT2D eigenvalue weighted by atomic mass is 9.68. The van der Waals surface area contributed by atoms with Crippen molar-refractivity contribution >= 4 is 18.0 Å². The first kappa shape index (κ1) is 23.0. The molecule has 0 spiro atoms. The molecule has 0 saturated heterocycles. The zero-order valence-electron chi connectivity index (χ0n) is 18.8. The first-order chi connectivity index (χ1) is 14.9. The average molecular weight is 423 g/mol. The Balaban J connectivity index is 1.66. The number of rotatable bonds is 9. The largest absolute Gasteiger partial charge is 0.352 e. The van der Waals surface area contributed by atoms with E-state index in [0.717, 1.165) is 37.8 Å². The number of benzene rings is 2. The predicted octanol–water partition coefficient (Wildman–Crippen LogP) is 3.07. The molecule has 6 heteroatoms. The van der Waals surface area contributed by atoms with E-state index < -0.39 is 0 Å². The second kappa shape index (κ2) is 10.1. The van der Waals surface area contributed by atoms with Crippen molar-refractivity contribution in [2.24, 2.45) is 0 Å². The Morgan fingerprint density at radius 2 is 1.52 bits per heavy atom. The minimum atomic E-state index is -0.335. The lowest BCUT2D eigenvalue weighted by Gasteiger charge is -2.50. The van der Waals surface area contributed by atoms with E-state index in [4.69, 9.17) is 0 Å². The Kier molecular flexibility index (Phi) is 7.46. The monoisotopic (exact) mass is 422 g/mol. The number of carbonyl (C=O) groups excluding carboxylic acids is 2. The van der Waals surface area contributed by atoms with E-state index >= 15 is 0 Å². The highest BCUT2D eigenvalue weighted by molar-refractivity contribution is 5.92. The Labute approximate surface area is 185 Å². The summed E-state index contributed by atoms with van der Waals surface area (Å²) in [6.07, 6.45) is 4.39. The summed E-state index contributed by atoms with van der Waals surface area (Å²) in [6, 6.07) is 20.1. The summed E-state index contributed by atoms with van der Waals surface area (Å²) in [5, 5.41) is 6.03. The number of carbonyl (C=O) groups is 2. The smallest absolute Gasteiger partial charge is 0.238 e. The highest BCUT2D eigenvalue weighted by Gasteiger charge is 2.45. The number of para-hydroxylation sites is 1. The van der Waals surface area contributed by atoms with Gasteiger partial charge in [-0.05, 0) is 64.5 Å². The summed E-state index contributed by atoms with van der Waals surface area (Å²) in [6.45, 7) is 0.904. The van der Waals surface area contributed by atoms with Crippen molar-refractivity contribution in [1.82, 2.24) is 15.1 Å². The molecule has 3 rings (SSSR count). The van der Waals surface area contributed by atoms with Gasteiger partial charge in [0.2, 0.25) is 12.3 Å². The van der Waals surface area contributed by atoms with Gasteiger partial charge in [-0.3, -0.25) is 19.4 Å². The fraction of sp³-hybridized carbons (Fsp3) is 0.440. The van der Waals surface area contributed by atoms with Gasteiger partial charge in [0.1, 0.15) is 0 Å². The lowest BCUT2D eigenvalue weighted by Crippen LogP contribution is -2.59. The summed E-state index contributed by atoms with van der Waals surface area (Å²) in [7, 11) is 6.20. The molecule has 0 aromatic heterocycles. The number of likely N-dealkylation sites (N-methyl/N-ethyl adjacent to an activating group) is 1. The van der Waals surface area contributed by atoms with E-state index in [9.17, 15) is 9.59 Å². The van der Waals surface area contributed by atoms with E-state index in [2.05, 4.69) is 53.9 Å². The van der Waals surface area contributed by atoms with Crippen molar-refractivity contribution in [1.29, 1.82) is 0 Å². The molecule has 0 atom stereocenters. The third-order valence-electron chi connectivity index (χ3n) is 6.61. The maximum Gasteiger partial charge on any atom is 0.238 e. The van der Waals surface area contributed by atoms with Crippen LogP contribution in [0.25, 0.3) is 0 Å². The Bertz CT molecular complexity index is 846. The van der Waals surface area contributed by atoms with E-state index in [1.165, 1.54) is 5.56 Å². The number of anilines is 1. The minimum absolute atomic E-state index is 0.0431. The molecule has 166 valence electrons. The fourth-order valence-electron chi connectivity index (χ4n) is 4.90. The van der Waals surface area contributed by atoms with Gasteiger partial charge in [0.25, 0.3) is 0 Å². The molecule has 0 bridgehead atoms. The van der Waals surface area contributed by atoms with Crippen LogP contribution in [-0.4, -0.2) is 61.9 Å². The van der Waals surface area contributed by atoms with Crippen molar-refractivity contribution in [2.45, 2.75) is 36.8 Å². The number of hydrogen-bond acceptors (Lipinski definition) is 4. The van der Waals surface area contributed by atoms with Gasteiger partial charge in [-0.1, -0.05) is 48.5 Å². The summed E-state index contributed by atoms with van der Waals surface area (Å²) >= 11 is 0. The minimum Gasteiger partial charge on any atom is -0.352 e. The molecule has 1 aliphatic rings. The van der Waals surface area contributed by atoms with Gasteiger partial charge in [-0.15, -0.1) is 0 Å². The summed E-state index contributed by atoms with van der Waals surface area (Å²) in [4.78, 5) is 28.2. The van der Waals surface area contributed by atoms with E-state index in [1.807, 2.05) is 48.3 Å². The molecule has 0 radical (unpaired) electrons. The molecular formula is C25H34N4O2. The lowest BCUT2D eigenvalue weighted by molar-refractivity contribution is -0.117. The van der Waals surface area contributed by atoms with E-state index in [0.29, 0.717) is 6.54 Å². The first-order valence-electron chi connectivity index (χ1n) is 10.9. The molecule has 0 unspecified atom stereocenters. The second-order valence-corrected chi connectivity index (χ2v) is 8.92. The number of nitrogens with zero attached hydrogens (tertiary/aromatic N) is 2. The van der Waals surface area contributed by atoms with Crippen molar-refractivity contribution in [3.05, 3.63) is 66.2 Å². The first-order valence-corrected chi connectivity index (χ1v) is 10.9. The highest BCUT2D eigenvalue weighted by Crippen LogP contribution is 2.44. The van der Waals surface area contributed by atoms with Crippen LogP contribution in [0.1, 0.15) is 31.2 Å². The predicted molar refractivity (Wildman–Crippen MR) is 125 cm³/mol. The van der Waals surface area contributed by atoms with Crippen molar-refractivity contribution < 1.29 is 9.59 Å². The molecule has 2 aromatic carbocycles. The Morgan fingerprint density at radius 1 is 0.935 bits per heavy atom. The molecule has 1 fully saturated rings. The van der Waals surface area contributed by atoms with Crippen LogP contribution in [0.5, 0.6) is 0 Å². The fourth-order valence-corrected chi connectivity index (χ4v) is 4.90. The van der Waals surface area contributed by atoms with Gasteiger partial charge in [0, 0.05) is 17.8 Å². The van der Waals surface area contributed by atoms with Crippen LogP contribution >= 0.6 is 0 Å². The van der Waals surface area contributed by atoms with Crippen LogP contribution in [0, 0.1) is 0 Å². The highest BCUT2D eigenvalue weighted by atomic mass is 16.2. The molecule has 2 aromatic rings. The normalized spacial score (nSPS) is 23.5. The maximum absolute atomic E-state index is 12.5. The molecule has 2 amide bonds. The Hall–Kier alpha value is -2.70. The zero-order chi connectivity index (χ0) is 22.3. The maximum atomic E-state index is 12.5. The molecule has 31 heavy (non-hydrogen) atoms. The molecule has 2 N–H and O–H groups in total. The molecule has 0 heterocycles. The van der Waals surface area contributed by atoms with E-state index in [-0.39, 0.29) is 23.5 Å². The van der Waals surface area contributed by atoms with Crippen molar-refractivity contribution in [2.75, 3.05) is 39.5 Å². The van der Waals surface area contributed by atoms with Crippen LogP contribution < -0.4 is 10.6 Å². The standard InChI is InChI=1S/C25H34N4O2/c1-28(2)25(21-10-6-4-7-11-21)16-14-24(15-17-25,26-20-30)19-29(3)18-23(31)27-22-12-8-5-9-13-22/h4-13,20H,14-19H2,1-3H3,(H,26,30)(H,27,31). The average Bonchev–Trinajstić information content (AvgIpc) is 2.75. The van der Waals surface area contributed by atoms with Crippen LogP contribution in [0.4, 0.5) is 5.69 Å². The van der Waals surface area contributed by atoms with Gasteiger partial charge in [0.05, 0.1) is 12.1 Å². The van der Waals surface area contributed by atoms with Gasteiger partial charge in [-0.25, -0.2) is 0 Å². The van der Waals surface area contributed by atoms with Gasteiger partial charge in [0.15, 0.2) is 0 Å². The topological polar surface area (TPSA) is 64.7 Å². The number of nitrogens with one attached hydrogen (secondary N) is 2. The number of hydrogen-bond donors (Lipinski definition) is 2. The van der Waals surface area contributed by atoms with Crippen molar-refractivity contribution in [3.8, 4) is 0 Å².